The molecule has 4 aliphatic rings. The van der Waals surface area contributed by atoms with Crippen molar-refractivity contribution in [2.24, 2.45) is 0 Å². The van der Waals surface area contributed by atoms with Gasteiger partial charge >= 0.3 is 0 Å². The molecule has 1 fully saturated rings. The summed E-state index contributed by atoms with van der Waals surface area (Å²) in [4.78, 5) is 43.0. The summed E-state index contributed by atoms with van der Waals surface area (Å²) in [7, 11) is 3.28. The van der Waals surface area contributed by atoms with Crippen LogP contribution >= 0.6 is 0 Å². The number of nitrogens with zero attached hydrogens (tertiary/aromatic N) is 2. The van der Waals surface area contributed by atoms with Crippen LogP contribution in [0.3, 0.4) is 0 Å². The second-order valence-electron chi connectivity index (χ2n) is 8.83. The average Bonchev–Trinajstić information content (AvgIpc) is 3.38. The third-order valence-electron chi connectivity index (χ3n) is 7.31. The summed E-state index contributed by atoms with van der Waals surface area (Å²) < 4.78 is 16.4. The zero-order valence-corrected chi connectivity index (χ0v) is 18.2. The highest BCUT2D eigenvalue weighted by Crippen LogP contribution is 2.53. The van der Waals surface area contributed by atoms with Crippen molar-refractivity contribution in [3.63, 3.8) is 0 Å². The molecule has 0 bridgehead atoms. The van der Waals surface area contributed by atoms with E-state index in [0.717, 1.165) is 11.1 Å². The first kappa shape index (κ1) is 19.8. The van der Waals surface area contributed by atoms with E-state index in [2.05, 4.69) is 0 Å². The van der Waals surface area contributed by atoms with Crippen LogP contribution in [0, 0.1) is 0 Å². The number of hydrogen-bond acceptors (Lipinski definition) is 6. The highest BCUT2D eigenvalue weighted by molar-refractivity contribution is 6.02. The maximum atomic E-state index is 13.7. The molecule has 1 aliphatic carbocycles. The van der Waals surface area contributed by atoms with Crippen molar-refractivity contribution >= 4 is 17.6 Å². The van der Waals surface area contributed by atoms with Gasteiger partial charge in [-0.25, -0.2) is 0 Å². The van der Waals surface area contributed by atoms with Crippen molar-refractivity contribution in [1.82, 2.24) is 9.80 Å². The van der Waals surface area contributed by atoms with Crippen LogP contribution in [0.25, 0.3) is 0 Å². The topological polar surface area (TPSA) is 85.4 Å². The van der Waals surface area contributed by atoms with E-state index < -0.39 is 17.5 Å². The van der Waals surface area contributed by atoms with Gasteiger partial charge in [0.2, 0.25) is 12.7 Å². The van der Waals surface area contributed by atoms with Crippen molar-refractivity contribution in [1.29, 1.82) is 0 Å². The molecule has 2 aromatic rings. The summed E-state index contributed by atoms with van der Waals surface area (Å²) in [6.07, 6.45) is 3.57. The highest BCUT2D eigenvalue weighted by atomic mass is 16.7. The second-order valence-corrected chi connectivity index (χ2v) is 8.83. The zero-order chi connectivity index (χ0) is 22.9. The number of amides is 2. The smallest absolute Gasteiger partial charge is 0.254 e. The summed E-state index contributed by atoms with van der Waals surface area (Å²) in [6, 6.07) is 9.50. The summed E-state index contributed by atoms with van der Waals surface area (Å²) in [6.45, 7) is 0.372. The predicted molar refractivity (Wildman–Crippen MR) is 116 cm³/mol. The number of carbonyl (C=O) groups excluding carboxylic acids is 3. The van der Waals surface area contributed by atoms with Crippen LogP contribution in [0.1, 0.15) is 27.9 Å². The number of fused-ring (bicyclic) bond motifs is 2. The number of methoxy groups -OCH3 is 1. The van der Waals surface area contributed by atoms with E-state index in [1.54, 1.807) is 54.3 Å². The van der Waals surface area contributed by atoms with Gasteiger partial charge in [0.25, 0.3) is 5.91 Å². The average molecular weight is 446 g/mol. The molecule has 2 amide bonds. The van der Waals surface area contributed by atoms with Crippen LogP contribution in [0.2, 0.25) is 0 Å². The number of allylic oxidation sites excluding steroid dienone is 1. The molecule has 8 nitrogen and oxygen atoms in total. The van der Waals surface area contributed by atoms with E-state index in [9.17, 15) is 14.4 Å². The van der Waals surface area contributed by atoms with Gasteiger partial charge in [-0.3, -0.25) is 14.4 Å². The standard InChI is InChI=1S/C25H22N2O6/c1-26-21-10-16(28)7-8-25(21)18-11-20-19(32-13-33-20)9-15(18)12-27(22(25)24(26)30)23(29)14-3-5-17(31-2)6-4-14/h3-9,11,21-22H,10,12-13H2,1-2H3/t21-,22+,25-/m0/s1. The molecule has 1 spiro atoms. The van der Waals surface area contributed by atoms with Gasteiger partial charge in [-0.2, -0.15) is 0 Å². The summed E-state index contributed by atoms with van der Waals surface area (Å²) >= 11 is 0. The molecule has 3 atom stereocenters. The first-order valence-corrected chi connectivity index (χ1v) is 10.8. The molecule has 168 valence electrons. The van der Waals surface area contributed by atoms with Gasteiger partial charge in [-0.1, -0.05) is 6.08 Å². The Morgan fingerprint density at radius 3 is 2.58 bits per heavy atom. The lowest BCUT2D eigenvalue weighted by atomic mass is 9.63. The number of likely N-dealkylation sites (tertiary alicyclic amines) is 1. The van der Waals surface area contributed by atoms with E-state index in [4.69, 9.17) is 14.2 Å². The largest absolute Gasteiger partial charge is 0.497 e. The Morgan fingerprint density at radius 2 is 1.85 bits per heavy atom. The highest BCUT2D eigenvalue weighted by Gasteiger charge is 2.64. The fourth-order valence-corrected chi connectivity index (χ4v) is 5.74. The summed E-state index contributed by atoms with van der Waals surface area (Å²) in [5, 5.41) is 0. The number of carbonyl (C=O) groups is 3. The van der Waals surface area contributed by atoms with Crippen LogP contribution in [0.5, 0.6) is 17.2 Å². The first-order valence-electron chi connectivity index (χ1n) is 10.8. The Balaban J connectivity index is 1.55. The Morgan fingerprint density at radius 1 is 1.12 bits per heavy atom. The van der Waals surface area contributed by atoms with E-state index in [0.29, 0.717) is 22.8 Å². The van der Waals surface area contributed by atoms with Crippen molar-refractivity contribution in [2.75, 3.05) is 21.0 Å². The van der Waals surface area contributed by atoms with Crippen LogP contribution in [0.4, 0.5) is 0 Å². The fraction of sp³-hybridized carbons (Fsp3) is 0.320. The van der Waals surface area contributed by atoms with Crippen LogP contribution < -0.4 is 14.2 Å². The molecule has 3 heterocycles. The molecule has 0 radical (unpaired) electrons. The third kappa shape index (κ3) is 2.60. The fourth-order valence-electron chi connectivity index (χ4n) is 5.74. The minimum atomic E-state index is -0.851. The van der Waals surface area contributed by atoms with Gasteiger partial charge < -0.3 is 24.0 Å². The monoisotopic (exact) mass is 446 g/mol. The van der Waals surface area contributed by atoms with Gasteiger partial charge in [0.15, 0.2) is 17.3 Å². The maximum absolute atomic E-state index is 13.7. The van der Waals surface area contributed by atoms with Crippen molar-refractivity contribution in [3.8, 4) is 17.2 Å². The molecule has 0 unspecified atom stereocenters. The molecule has 33 heavy (non-hydrogen) atoms. The molecule has 0 saturated carbocycles. The zero-order valence-electron chi connectivity index (χ0n) is 18.2. The van der Waals surface area contributed by atoms with Gasteiger partial charge in [0, 0.05) is 25.6 Å². The van der Waals surface area contributed by atoms with Crippen molar-refractivity contribution in [2.45, 2.75) is 30.5 Å². The van der Waals surface area contributed by atoms with Crippen LogP contribution in [0.15, 0.2) is 48.6 Å². The number of ether oxygens (including phenoxy) is 3. The van der Waals surface area contributed by atoms with Crippen molar-refractivity contribution < 1.29 is 28.6 Å². The third-order valence-corrected chi connectivity index (χ3v) is 7.31. The molecule has 8 heteroatoms. The van der Waals surface area contributed by atoms with Gasteiger partial charge in [0.1, 0.15) is 11.8 Å². The SMILES string of the molecule is COc1ccc(C(=O)N2Cc3cc4c(cc3[C@@]35C=CC(=O)C[C@@H]3N(C)C(=O)[C@@H]25)OCO4)cc1. The number of benzene rings is 2. The minimum absolute atomic E-state index is 0.0353. The van der Waals surface area contributed by atoms with Crippen LogP contribution in [-0.4, -0.2) is 60.4 Å². The lowest BCUT2D eigenvalue weighted by molar-refractivity contribution is -0.131. The minimum Gasteiger partial charge on any atom is -0.497 e. The summed E-state index contributed by atoms with van der Waals surface area (Å²) in [5.41, 5.74) is 1.40. The number of hydrogen-bond donors (Lipinski definition) is 0. The van der Waals surface area contributed by atoms with Crippen LogP contribution in [-0.2, 0) is 21.5 Å². The van der Waals surface area contributed by atoms with Crippen molar-refractivity contribution in [3.05, 3.63) is 65.2 Å². The van der Waals surface area contributed by atoms with E-state index in [1.807, 2.05) is 18.2 Å². The van der Waals surface area contributed by atoms with Gasteiger partial charge in [-0.05, 0) is 53.6 Å². The Labute approximate surface area is 190 Å². The Kier molecular flexibility index (Phi) is 4.11. The maximum Gasteiger partial charge on any atom is 0.254 e. The lowest BCUT2D eigenvalue weighted by Crippen LogP contribution is -2.59. The van der Waals surface area contributed by atoms with E-state index >= 15 is 0 Å². The number of rotatable bonds is 2. The molecule has 3 aliphatic heterocycles. The molecule has 0 aromatic heterocycles. The first-order chi connectivity index (χ1) is 15.9. The number of ketones is 1. The molecular weight excluding hydrogens is 424 g/mol. The lowest BCUT2D eigenvalue weighted by Gasteiger charge is -2.47. The normalized spacial score (nSPS) is 26.7. The Bertz CT molecular complexity index is 1240. The number of likely N-dealkylation sites (N-methyl/N-ethyl adjacent to an activating group) is 1. The molecule has 1 saturated heterocycles. The van der Waals surface area contributed by atoms with Gasteiger partial charge in [-0.15, -0.1) is 0 Å². The summed E-state index contributed by atoms with van der Waals surface area (Å²) in [5.74, 6) is 1.41. The predicted octanol–water partition coefficient (Wildman–Crippen LogP) is 2.06. The molecule has 0 N–H and O–H groups in total. The van der Waals surface area contributed by atoms with E-state index in [-0.39, 0.29) is 37.4 Å². The molecule has 6 rings (SSSR count). The Hall–Kier alpha value is -3.81. The second kappa shape index (κ2) is 6.84. The molecular formula is C25H22N2O6. The molecule has 2 aromatic carbocycles. The quantitative estimate of drug-likeness (QED) is 0.702. The van der Waals surface area contributed by atoms with E-state index in [1.165, 1.54) is 0 Å². The van der Waals surface area contributed by atoms with Gasteiger partial charge in [0.05, 0.1) is 18.6 Å².